The number of nitriles is 1. The standard InChI is InChI=1S/C14H18N2O2.ClH/c1-17-14-8-13(5-2-10(14)9-15)18-12-6-3-11(16)4-7-12;/h2,5,8,11-12H,3-4,6-7,16H2,1H3;1H. The molecule has 2 rings (SSSR count). The summed E-state index contributed by atoms with van der Waals surface area (Å²) in [5.74, 6) is 1.31. The molecule has 1 aliphatic carbocycles. The molecule has 0 radical (unpaired) electrons. The summed E-state index contributed by atoms with van der Waals surface area (Å²) in [7, 11) is 1.56. The van der Waals surface area contributed by atoms with Crippen molar-refractivity contribution in [1.29, 1.82) is 5.26 Å². The molecule has 19 heavy (non-hydrogen) atoms. The zero-order chi connectivity index (χ0) is 13.0. The third kappa shape index (κ3) is 4.02. The Morgan fingerprint density at radius 2 is 1.95 bits per heavy atom. The lowest BCUT2D eigenvalue weighted by Gasteiger charge is -2.26. The summed E-state index contributed by atoms with van der Waals surface area (Å²) in [6.45, 7) is 0. The van der Waals surface area contributed by atoms with Gasteiger partial charge in [0, 0.05) is 12.1 Å². The molecule has 0 atom stereocenters. The van der Waals surface area contributed by atoms with Crippen LogP contribution in [0, 0.1) is 11.3 Å². The van der Waals surface area contributed by atoms with Crippen LogP contribution in [0.4, 0.5) is 0 Å². The second kappa shape index (κ2) is 7.22. The predicted molar refractivity (Wildman–Crippen MR) is 75.8 cm³/mol. The van der Waals surface area contributed by atoms with Gasteiger partial charge in [0.1, 0.15) is 17.6 Å². The van der Waals surface area contributed by atoms with Crippen molar-refractivity contribution in [1.82, 2.24) is 0 Å². The fourth-order valence-electron chi connectivity index (χ4n) is 2.24. The topological polar surface area (TPSA) is 68.3 Å². The van der Waals surface area contributed by atoms with Gasteiger partial charge in [-0.1, -0.05) is 0 Å². The maximum atomic E-state index is 8.91. The molecule has 4 nitrogen and oxygen atoms in total. The monoisotopic (exact) mass is 282 g/mol. The van der Waals surface area contributed by atoms with E-state index in [0.29, 0.717) is 17.4 Å². The molecule has 0 aliphatic heterocycles. The average molecular weight is 283 g/mol. The van der Waals surface area contributed by atoms with Crippen molar-refractivity contribution >= 4 is 12.4 Å². The Labute approximate surface area is 119 Å². The molecule has 0 spiro atoms. The van der Waals surface area contributed by atoms with Gasteiger partial charge in [-0.05, 0) is 37.8 Å². The highest BCUT2D eigenvalue weighted by Crippen LogP contribution is 2.27. The van der Waals surface area contributed by atoms with E-state index in [2.05, 4.69) is 6.07 Å². The minimum atomic E-state index is 0. The van der Waals surface area contributed by atoms with Crippen LogP contribution in [-0.4, -0.2) is 19.3 Å². The second-order valence-corrected chi connectivity index (χ2v) is 4.63. The Bertz CT molecular complexity index is 451. The van der Waals surface area contributed by atoms with Gasteiger partial charge in [-0.25, -0.2) is 0 Å². The number of hydrogen-bond acceptors (Lipinski definition) is 4. The zero-order valence-corrected chi connectivity index (χ0v) is 11.8. The van der Waals surface area contributed by atoms with Crippen molar-refractivity contribution in [3.8, 4) is 17.6 Å². The summed E-state index contributed by atoms with van der Waals surface area (Å²) in [5.41, 5.74) is 6.39. The van der Waals surface area contributed by atoms with E-state index in [9.17, 15) is 0 Å². The molecule has 0 amide bonds. The molecular weight excluding hydrogens is 264 g/mol. The van der Waals surface area contributed by atoms with Crippen LogP contribution in [0.15, 0.2) is 18.2 Å². The van der Waals surface area contributed by atoms with Gasteiger partial charge in [0.2, 0.25) is 0 Å². The van der Waals surface area contributed by atoms with Crippen LogP contribution in [0.5, 0.6) is 11.5 Å². The average Bonchev–Trinajstić information content (AvgIpc) is 2.41. The van der Waals surface area contributed by atoms with Crippen molar-refractivity contribution < 1.29 is 9.47 Å². The van der Waals surface area contributed by atoms with Crippen LogP contribution in [0.25, 0.3) is 0 Å². The molecule has 0 heterocycles. The lowest BCUT2D eigenvalue weighted by atomic mass is 9.94. The van der Waals surface area contributed by atoms with Crippen LogP contribution >= 0.6 is 12.4 Å². The smallest absolute Gasteiger partial charge is 0.140 e. The number of nitrogens with zero attached hydrogens (tertiary/aromatic N) is 1. The number of ether oxygens (including phenoxy) is 2. The first-order chi connectivity index (χ1) is 8.72. The molecule has 1 aliphatic rings. The molecule has 0 bridgehead atoms. The molecule has 5 heteroatoms. The van der Waals surface area contributed by atoms with E-state index in [-0.39, 0.29) is 18.5 Å². The van der Waals surface area contributed by atoms with Gasteiger partial charge in [0.05, 0.1) is 18.8 Å². The number of nitrogens with two attached hydrogens (primary N) is 1. The third-order valence-electron chi connectivity index (χ3n) is 3.32. The van der Waals surface area contributed by atoms with Gasteiger partial charge >= 0.3 is 0 Å². The molecule has 1 saturated carbocycles. The van der Waals surface area contributed by atoms with E-state index in [1.165, 1.54) is 0 Å². The Kier molecular flexibility index (Phi) is 5.94. The maximum absolute atomic E-state index is 8.91. The first-order valence-corrected chi connectivity index (χ1v) is 6.23. The quantitative estimate of drug-likeness (QED) is 0.925. The highest BCUT2D eigenvalue weighted by atomic mass is 35.5. The van der Waals surface area contributed by atoms with E-state index in [0.717, 1.165) is 31.4 Å². The Balaban J connectivity index is 0.00000180. The normalized spacial score (nSPS) is 21.9. The van der Waals surface area contributed by atoms with Gasteiger partial charge in [0.15, 0.2) is 0 Å². The fourth-order valence-corrected chi connectivity index (χ4v) is 2.24. The molecule has 0 saturated heterocycles. The largest absolute Gasteiger partial charge is 0.495 e. The number of methoxy groups -OCH3 is 1. The zero-order valence-electron chi connectivity index (χ0n) is 11.0. The highest BCUT2D eigenvalue weighted by Gasteiger charge is 2.20. The Hall–Kier alpha value is -1.44. The van der Waals surface area contributed by atoms with Gasteiger partial charge in [-0.2, -0.15) is 5.26 Å². The molecule has 1 aromatic rings. The van der Waals surface area contributed by atoms with E-state index >= 15 is 0 Å². The SMILES string of the molecule is COc1cc(OC2CCC(N)CC2)ccc1C#N.Cl. The fraction of sp³-hybridized carbons (Fsp3) is 0.500. The second-order valence-electron chi connectivity index (χ2n) is 4.63. The van der Waals surface area contributed by atoms with Crippen molar-refractivity contribution in [2.75, 3.05) is 7.11 Å². The van der Waals surface area contributed by atoms with Crippen LogP contribution in [0.1, 0.15) is 31.2 Å². The molecule has 104 valence electrons. The van der Waals surface area contributed by atoms with Crippen LogP contribution in [0.3, 0.4) is 0 Å². The van der Waals surface area contributed by atoms with Gasteiger partial charge in [-0.3, -0.25) is 0 Å². The summed E-state index contributed by atoms with van der Waals surface area (Å²) in [4.78, 5) is 0. The Morgan fingerprint density at radius 3 is 2.53 bits per heavy atom. The van der Waals surface area contributed by atoms with Crippen molar-refractivity contribution in [2.24, 2.45) is 5.73 Å². The summed E-state index contributed by atoms with van der Waals surface area (Å²) >= 11 is 0. The predicted octanol–water partition coefficient (Wildman–Crippen LogP) is 2.64. The Morgan fingerprint density at radius 1 is 1.26 bits per heavy atom. The summed E-state index contributed by atoms with van der Waals surface area (Å²) in [5, 5.41) is 8.91. The van der Waals surface area contributed by atoms with E-state index < -0.39 is 0 Å². The van der Waals surface area contributed by atoms with Crippen LogP contribution in [0.2, 0.25) is 0 Å². The lowest BCUT2D eigenvalue weighted by molar-refractivity contribution is 0.147. The summed E-state index contributed by atoms with van der Waals surface area (Å²) in [6, 6.07) is 7.72. The molecule has 1 aromatic carbocycles. The van der Waals surface area contributed by atoms with E-state index in [4.69, 9.17) is 20.5 Å². The van der Waals surface area contributed by atoms with Gasteiger partial charge < -0.3 is 15.2 Å². The first kappa shape index (κ1) is 15.6. The molecule has 0 aromatic heterocycles. The maximum Gasteiger partial charge on any atom is 0.140 e. The molecule has 2 N–H and O–H groups in total. The summed E-state index contributed by atoms with van der Waals surface area (Å²) < 4.78 is 11.1. The number of halogens is 1. The lowest BCUT2D eigenvalue weighted by Crippen LogP contribution is -2.31. The number of rotatable bonds is 3. The van der Waals surface area contributed by atoms with E-state index in [1.54, 1.807) is 19.2 Å². The molecule has 1 fully saturated rings. The number of benzene rings is 1. The third-order valence-corrected chi connectivity index (χ3v) is 3.32. The minimum absolute atomic E-state index is 0. The van der Waals surface area contributed by atoms with Crippen LogP contribution in [-0.2, 0) is 0 Å². The van der Waals surface area contributed by atoms with Gasteiger partial charge in [-0.15, -0.1) is 12.4 Å². The highest BCUT2D eigenvalue weighted by molar-refractivity contribution is 5.85. The number of hydrogen-bond donors (Lipinski definition) is 1. The molecular formula is C14H19ClN2O2. The van der Waals surface area contributed by atoms with E-state index in [1.807, 2.05) is 6.07 Å². The van der Waals surface area contributed by atoms with Gasteiger partial charge in [0.25, 0.3) is 0 Å². The molecule has 0 unspecified atom stereocenters. The minimum Gasteiger partial charge on any atom is -0.495 e. The van der Waals surface area contributed by atoms with Crippen LogP contribution < -0.4 is 15.2 Å². The summed E-state index contributed by atoms with van der Waals surface area (Å²) in [6.07, 6.45) is 4.23. The van der Waals surface area contributed by atoms with Crippen molar-refractivity contribution in [3.05, 3.63) is 23.8 Å². The van der Waals surface area contributed by atoms with Crippen molar-refractivity contribution in [3.63, 3.8) is 0 Å². The first-order valence-electron chi connectivity index (χ1n) is 6.23. The van der Waals surface area contributed by atoms with Crippen molar-refractivity contribution in [2.45, 2.75) is 37.8 Å².